The van der Waals surface area contributed by atoms with Crippen molar-refractivity contribution in [3.8, 4) is 0 Å². The molecule has 138 valence electrons. The molecule has 0 bridgehead atoms. The molecule has 0 aromatic heterocycles. The van der Waals surface area contributed by atoms with Crippen LogP contribution in [0.3, 0.4) is 0 Å². The van der Waals surface area contributed by atoms with E-state index in [9.17, 15) is 0 Å². The Hall–Kier alpha value is -3.02. The number of nitrogens with zero attached hydrogens (tertiary/aromatic N) is 2. The molecule has 0 amide bonds. The number of aliphatic imine (C=N–C) groups is 2. The van der Waals surface area contributed by atoms with Crippen molar-refractivity contribution in [2.45, 2.75) is 38.5 Å². The molecule has 0 spiro atoms. The van der Waals surface area contributed by atoms with Gasteiger partial charge in [-0.2, -0.15) is 0 Å². The van der Waals surface area contributed by atoms with Gasteiger partial charge in [-0.05, 0) is 61.1 Å². The number of aryl methyl sites for hydroxylation is 2. The minimum Gasteiger partial charge on any atom is -0.370 e. The fourth-order valence-corrected chi connectivity index (χ4v) is 2.78. The number of guanidine groups is 2. The summed E-state index contributed by atoms with van der Waals surface area (Å²) >= 11 is 0. The zero-order valence-corrected chi connectivity index (χ0v) is 15.1. The highest BCUT2D eigenvalue weighted by Gasteiger charge is 1.98. The van der Waals surface area contributed by atoms with Crippen molar-refractivity contribution in [3.63, 3.8) is 0 Å². The molecule has 2 aromatic rings. The van der Waals surface area contributed by atoms with Crippen LogP contribution in [0.25, 0.3) is 0 Å². The number of nitrogens with two attached hydrogens (primary N) is 4. The molecule has 0 aliphatic carbocycles. The molecule has 26 heavy (non-hydrogen) atoms. The summed E-state index contributed by atoms with van der Waals surface area (Å²) in [6, 6.07) is 16.1. The van der Waals surface area contributed by atoms with Crippen molar-refractivity contribution in [1.29, 1.82) is 0 Å². The number of rotatable bonds is 9. The molecule has 0 fully saturated rings. The highest BCUT2D eigenvalue weighted by molar-refractivity contribution is 5.79. The lowest BCUT2D eigenvalue weighted by molar-refractivity contribution is 0.640. The standard InChI is InChI=1S/C20H28N6/c21-19(22)25-17-11-7-15(8-12-17)5-3-1-2-4-6-16-9-13-18(14-10-16)26-20(23)24/h7-14H,1-6H2,(H4,21,22,25)(H4,23,24,26). The van der Waals surface area contributed by atoms with Crippen molar-refractivity contribution in [2.75, 3.05) is 0 Å². The molecule has 0 aliphatic heterocycles. The Labute approximate surface area is 155 Å². The molecular weight excluding hydrogens is 324 g/mol. The van der Waals surface area contributed by atoms with Gasteiger partial charge < -0.3 is 22.9 Å². The van der Waals surface area contributed by atoms with E-state index in [1.807, 2.05) is 24.3 Å². The Kier molecular flexibility index (Phi) is 7.49. The van der Waals surface area contributed by atoms with Crippen molar-refractivity contribution < 1.29 is 0 Å². The number of hydrogen-bond acceptors (Lipinski definition) is 2. The second-order valence-electron chi connectivity index (χ2n) is 6.32. The van der Waals surface area contributed by atoms with Gasteiger partial charge >= 0.3 is 0 Å². The Morgan fingerprint density at radius 1 is 0.538 bits per heavy atom. The molecule has 6 heteroatoms. The van der Waals surface area contributed by atoms with E-state index in [0.29, 0.717) is 0 Å². The summed E-state index contributed by atoms with van der Waals surface area (Å²) < 4.78 is 0. The lowest BCUT2D eigenvalue weighted by atomic mass is 10.0. The number of unbranched alkanes of at least 4 members (excludes halogenated alkanes) is 3. The van der Waals surface area contributed by atoms with E-state index in [4.69, 9.17) is 22.9 Å². The predicted molar refractivity (Wildman–Crippen MR) is 110 cm³/mol. The van der Waals surface area contributed by atoms with E-state index < -0.39 is 0 Å². The molecule has 2 aromatic carbocycles. The largest absolute Gasteiger partial charge is 0.370 e. The van der Waals surface area contributed by atoms with Gasteiger partial charge in [0.25, 0.3) is 0 Å². The quantitative estimate of drug-likeness (QED) is 0.314. The third-order valence-electron chi connectivity index (χ3n) is 4.07. The van der Waals surface area contributed by atoms with Gasteiger partial charge in [-0.25, -0.2) is 9.98 Å². The zero-order valence-electron chi connectivity index (χ0n) is 15.1. The molecule has 2 rings (SSSR count). The first-order valence-corrected chi connectivity index (χ1v) is 8.90. The maximum Gasteiger partial charge on any atom is 0.191 e. The monoisotopic (exact) mass is 352 g/mol. The van der Waals surface area contributed by atoms with Gasteiger partial charge in [0.05, 0.1) is 11.4 Å². The summed E-state index contributed by atoms with van der Waals surface area (Å²) in [6.45, 7) is 0. The Morgan fingerprint density at radius 3 is 1.19 bits per heavy atom. The SMILES string of the molecule is NC(N)=Nc1ccc(CCCCCCc2ccc(N=C(N)N)cc2)cc1. The van der Waals surface area contributed by atoms with Crippen LogP contribution in [-0.2, 0) is 12.8 Å². The third kappa shape index (κ3) is 7.25. The van der Waals surface area contributed by atoms with Crippen molar-refractivity contribution in [2.24, 2.45) is 32.9 Å². The highest BCUT2D eigenvalue weighted by atomic mass is 15.0. The average molecular weight is 352 g/mol. The molecule has 0 heterocycles. The van der Waals surface area contributed by atoms with Gasteiger partial charge in [0, 0.05) is 0 Å². The fourth-order valence-electron chi connectivity index (χ4n) is 2.78. The van der Waals surface area contributed by atoms with Crippen LogP contribution in [0.4, 0.5) is 11.4 Å². The van der Waals surface area contributed by atoms with Crippen LogP contribution in [0.5, 0.6) is 0 Å². The number of benzene rings is 2. The van der Waals surface area contributed by atoms with Crippen LogP contribution in [0.1, 0.15) is 36.8 Å². The van der Waals surface area contributed by atoms with E-state index in [1.165, 1.54) is 36.8 Å². The van der Waals surface area contributed by atoms with Gasteiger partial charge in [-0.15, -0.1) is 0 Å². The molecule has 0 aliphatic rings. The lowest BCUT2D eigenvalue weighted by Crippen LogP contribution is -2.21. The van der Waals surface area contributed by atoms with E-state index >= 15 is 0 Å². The summed E-state index contributed by atoms with van der Waals surface area (Å²) in [5.41, 5.74) is 25.7. The van der Waals surface area contributed by atoms with Gasteiger partial charge in [-0.3, -0.25) is 0 Å². The maximum absolute atomic E-state index is 5.37. The zero-order chi connectivity index (χ0) is 18.8. The molecule has 0 radical (unpaired) electrons. The number of hydrogen-bond donors (Lipinski definition) is 4. The average Bonchev–Trinajstić information content (AvgIpc) is 2.60. The minimum absolute atomic E-state index is 0.0867. The van der Waals surface area contributed by atoms with Crippen molar-refractivity contribution in [3.05, 3.63) is 59.7 Å². The van der Waals surface area contributed by atoms with E-state index in [-0.39, 0.29) is 11.9 Å². The van der Waals surface area contributed by atoms with Crippen LogP contribution in [0, 0.1) is 0 Å². The first kappa shape index (κ1) is 19.3. The lowest BCUT2D eigenvalue weighted by Gasteiger charge is -2.04. The summed E-state index contributed by atoms with van der Waals surface area (Å²) in [7, 11) is 0. The smallest absolute Gasteiger partial charge is 0.191 e. The Balaban J connectivity index is 1.63. The van der Waals surface area contributed by atoms with E-state index in [0.717, 1.165) is 24.2 Å². The van der Waals surface area contributed by atoms with Crippen LogP contribution in [0.2, 0.25) is 0 Å². The summed E-state index contributed by atoms with van der Waals surface area (Å²) in [5.74, 6) is 0.173. The molecule has 8 N–H and O–H groups in total. The molecule has 0 saturated heterocycles. The molecule has 0 unspecified atom stereocenters. The molecule has 0 saturated carbocycles. The molecule has 6 nitrogen and oxygen atoms in total. The first-order valence-electron chi connectivity index (χ1n) is 8.90. The highest BCUT2D eigenvalue weighted by Crippen LogP contribution is 2.17. The Morgan fingerprint density at radius 2 is 0.885 bits per heavy atom. The van der Waals surface area contributed by atoms with Crippen LogP contribution >= 0.6 is 0 Å². The van der Waals surface area contributed by atoms with Gasteiger partial charge in [0.15, 0.2) is 11.9 Å². The third-order valence-corrected chi connectivity index (χ3v) is 4.07. The van der Waals surface area contributed by atoms with E-state index in [1.54, 1.807) is 0 Å². The van der Waals surface area contributed by atoms with E-state index in [2.05, 4.69) is 34.3 Å². The topological polar surface area (TPSA) is 129 Å². The van der Waals surface area contributed by atoms with Crippen LogP contribution in [-0.4, -0.2) is 11.9 Å². The molecular formula is C20H28N6. The fraction of sp³-hybridized carbons (Fsp3) is 0.300. The van der Waals surface area contributed by atoms with Gasteiger partial charge in [0.2, 0.25) is 0 Å². The Bertz CT molecular complexity index is 658. The normalized spacial score (nSPS) is 10.3. The second kappa shape index (κ2) is 10.1. The first-order chi connectivity index (χ1) is 12.5. The van der Waals surface area contributed by atoms with Crippen molar-refractivity contribution >= 4 is 23.3 Å². The van der Waals surface area contributed by atoms with Crippen LogP contribution in [0.15, 0.2) is 58.5 Å². The second-order valence-corrected chi connectivity index (χ2v) is 6.32. The maximum atomic E-state index is 5.37. The summed E-state index contributed by atoms with van der Waals surface area (Å²) in [5, 5.41) is 0. The summed E-state index contributed by atoms with van der Waals surface area (Å²) in [6.07, 6.45) is 6.98. The van der Waals surface area contributed by atoms with Crippen molar-refractivity contribution in [1.82, 2.24) is 0 Å². The van der Waals surface area contributed by atoms with Gasteiger partial charge in [-0.1, -0.05) is 37.1 Å². The molecule has 0 atom stereocenters. The summed E-state index contributed by atoms with van der Waals surface area (Å²) in [4.78, 5) is 8.04. The van der Waals surface area contributed by atoms with Crippen LogP contribution < -0.4 is 22.9 Å². The minimum atomic E-state index is 0.0867. The van der Waals surface area contributed by atoms with Gasteiger partial charge in [0.1, 0.15) is 0 Å². The predicted octanol–water partition coefficient (Wildman–Crippen LogP) is 2.84.